The molecule has 0 aliphatic heterocycles. The van der Waals surface area contributed by atoms with Gasteiger partial charge in [0.15, 0.2) is 6.40 Å². The van der Waals surface area contributed by atoms with Gasteiger partial charge in [-0.1, -0.05) is 41.9 Å². The first-order valence-corrected chi connectivity index (χ1v) is 9.87. The van der Waals surface area contributed by atoms with E-state index in [0.29, 0.717) is 23.0 Å². The van der Waals surface area contributed by atoms with Gasteiger partial charge in [0.1, 0.15) is 12.4 Å². The summed E-state index contributed by atoms with van der Waals surface area (Å²) in [6, 6.07) is 20.6. The lowest BCUT2D eigenvalue weighted by Crippen LogP contribution is -2.05. The van der Waals surface area contributed by atoms with Crippen LogP contribution in [0.3, 0.4) is 0 Å². The van der Waals surface area contributed by atoms with E-state index in [0.717, 1.165) is 34.1 Å². The van der Waals surface area contributed by atoms with Crippen molar-refractivity contribution in [3.05, 3.63) is 94.8 Å². The average molecular weight is 431 g/mol. The van der Waals surface area contributed by atoms with Crippen molar-refractivity contribution in [2.75, 3.05) is 0 Å². The second-order valence-electron chi connectivity index (χ2n) is 6.74. The summed E-state index contributed by atoms with van der Waals surface area (Å²) in [5.74, 6) is 0.588. The highest BCUT2D eigenvalue weighted by Gasteiger charge is 2.10. The molecular weight excluding hydrogens is 412 g/mol. The van der Waals surface area contributed by atoms with Gasteiger partial charge in [-0.25, -0.2) is 4.98 Å². The fraction of sp³-hybridized carbons (Fsp3) is 0.0417. The third-order valence-corrected chi connectivity index (χ3v) is 4.91. The van der Waals surface area contributed by atoms with Crippen molar-refractivity contribution >= 4 is 46.6 Å². The monoisotopic (exact) mass is 430 g/mol. The van der Waals surface area contributed by atoms with Crippen LogP contribution in [0, 0.1) is 10.8 Å². The number of aromatic nitrogens is 2. The summed E-state index contributed by atoms with van der Waals surface area (Å²) < 4.78 is 10.9. The lowest BCUT2D eigenvalue weighted by Gasteiger charge is -2.11. The molecule has 0 atom stereocenters. The molecule has 0 bridgehead atoms. The van der Waals surface area contributed by atoms with Crippen molar-refractivity contribution in [1.29, 1.82) is 10.8 Å². The highest BCUT2D eigenvalue weighted by atomic mass is 35.5. The predicted molar refractivity (Wildman–Crippen MR) is 124 cm³/mol. The quantitative estimate of drug-likeness (QED) is 0.192. The normalized spacial score (nSPS) is 11.3. The van der Waals surface area contributed by atoms with Crippen LogP contribution in [-0.2, 0) is 11.3 Å². The number of hydrogen-bond acceptors (Lipinski definition) is 5. The minimum Gasteiger partial charge on any atom is -0.489 e. The molecule has 154 valence electrons. The molecule has 4 aromatic rings. The molecule has 0 aliphatic carbocycles. The number of hydrogen-bond donors (Lipinski definition) is 3. The predicted octanol–water partition coefficient (Wildman–Crippen LogP) is 5.94. The lowest BCUT2D eigenvalue weighted by molar-refractivity contribution is 0.306. The third-order valence-electron chi connectivity index (χ3n) is 4.66. The van der Waals surface area contributed by atoms with E-state index in [1.165, 1.54) is 0 Å². The first-order chi connectivity index (χ1) is 15.1. The number of H-pyrrole nitrogens is 1. The molecule has 0 fully saturated rings. The smallest absolute Gasteiger partial charge is 0.221 e. The minimum atomic E-state index is -0.119. The van der Waals surface area contributed by atoms with E-state index >= 15 is 0 Å². The number of benzene rings is 3. The van der Waals surface area contributed by atoms with Crippen molar-refractivity contribution in [3.8, 4) is 5.75 Å². The Morgan fingerprint density at radius 1 is 1.03 bits per heavy atom. The molecule has 7 heteroatoms. The molecular formula is C24H19ClN4O2. The van der Waals surface area contributed by atoms with E-state index in [9.17, 15) is 0 Å². The third kappa shape index (κ3) is 4.99. The average Bonchev–Trinajstić information content (AvgIpc) is 3.26. The Labute approximate surface area is 184 Å². The van der Waals surface area contributed by atoms with Crippen molar-refractivity contribution in [3.63, 3.8) is 0 Å². The van der Waals surface area contributed by atoms with Gasteiger partial charge in [-0.05, 0) is 59.2 Å². The molecule has 31 heavy (non-hydrogen) atoms. The Hall–Kier alpha value is -3.90. The van der Waals surface area contributed by atoms with Crippen molar-refractivity contribution in [1.82, 2.24) is 9.97 Å². The number of nitrogens with zero attached hydrogens (tertiary/aromatic N) is 1. The van der Waals surface area contributed by atoms with E-state index in [1.54, 1.807) is 18.5 Å². The Balaban J connectivity index is 1.52. The number of fused-ring (bicyclic) bond motifs is 1. The van der Waals surface area contributed by atoms with E-state index in [-0.39, 0.29) is 5.90 Å². The molecule has 3 N–H and O–H groups in total. The van der Waals surface area contributed by atoms with Gasteiger partial charge < -0.3 is 14.5 Å². The molecule has 1 aromatic heterocycles. The van der Waals surface area contributed by atoms with Crippen LogP contribution in [0.1, 0.15) is 16.7 Å². The van der Waals surface area contributed by atoms with Crippen LogP contribution in [0.2, 0.25) is 5.02 Å². The van der Waals surface area contributed by atoms with Gasteiger partial charge in [-0.15, -0.1) is 0 Å². The maximum absolute atomic E-state index is 8.17. The van der Waals surface area contributed by atoms with Gasteiger partial charge in [0, 0.05) is 10.6 Å². The van der Waals surface area contributed by atoms with E-state index in [4.69, 9.17) is 31.9 Å². The first-order valence-electron chi connectivity index (χ1n) is 9.49. The molecule has 0 aliphatic rings. The van der Waals surface area contributed by atoms with E-state index in [1.807, 2.05) is 60.7 Å². The summed E-state index contributed by atoms with van der Waals surface area (Å²) in [6.07, 6.45) is 4.23. The van der Waals surface area contributed by atoms with Crippen molar-refractivity contribution in [2.24, 2.45) is 0 Å². The maximum atomic E-state index is 8.17. The summed E-state index contributed by atoms with van der Waals surface area (Å²) in [5.41, 5.74) is 5.11. The second kappa shape index (κ2) is 9.28. The molecule has 0 saturated heterocycles. The summed E-state index contributed by atoms with van der Waals surface area (Å²) in [6.45, 7) is 0.425. The molecule has 0 spiro atoms. The van der Waals surface area contributed by atoms with E-state index < -0.39 is 0 Å². The topological polar surface area (TPSA) is 94.8 Å². The van der Waals surface area contributed by atoms with Gasteiger partial charge >= 0.3 is 0 Å². The Morgan fingerprint density at radius 3 is 2.55 bits per heavy atom. The standard InChI is InChI=1S/C24H19ClN4O2/c25-19-6-1-16(2-7-19)11-21(24(27)31-14-26)18-4-8-20(9-5-18)30-13-17-3-10-22-23(12-17)29-15-28-22/h1-12,14-15,26-27H,13H2,(H,28,29). The van der Waals surface area contributed by atoms with Crippen molar-refractivity contribution in [2.45, 2.75) is 6.61 Å². The summed E-state index contributed by atoms with van der Waals surface area (Å²) in [4.78, 5) is 7.31. The highest BCUT2D eigenvalue weighted by molar-refractivity contribution is 6.30. The summed E-state index contributed by atoms with van der Waals surface area (Å²) in [5, 5.41) is 16.0. The Morgan fingerprint density at radius 2 is 1.81 bits per heavy atom. The number of imidazole rings is 1. The maximum Gasteiger partial charge on any atom is 0.221 e. The van der Waals surface area contributed by atoms with Gasteiger partial charge in [-0.3, -0.25) is 10.8 Å². The van der Waals surface area contributed by atoms with Crippen molar-refractivity contribution < 1.29 is 9.47 Å². The van der Waals surface area contributed by atoms with Crippen LogP contribution >= 0.6 is 11.6 Å². The fourth-order valence-corrected chi connectivity index (χ4v) is 3.22. The van der Waals surface area contributed by atoms with Crippen LogP contribution < -0.4 is 4.74 Å². The largest absolute Gasteiger partial charge is 0.489 e. The first kappa shape index (κ1) is 20.4. The number of halogens is 1. The lowest BCUT2D eigenvalue weighted by atomic mass is 10.0. The van der Waals surface area contributed by atoms with Crippen LogP contribution in [-0.4, -0.2) is 22.3 Å². The van der Waals surface area contributed by atoms with Gasteiger partial charge in [0.25, 0.3) is 0 Å². The number of nitrogens with one attached hydrogen (secondary N) is 3. The zero-order valence-electron chi connectivity index (χ0n) is 16.4. The summed E-state index contributed by atoms with van der Waals surface area (Å²) >= 11 is 5.96. The molecule has 0 saturated carbocycles. The molecule has 4 rings (SSSR count). The van der Waals surface area contributed by atoms with E-state index in [2.05, 4.69) is 9.97 Å². The number of ether oxygens (including phenoxy) is 2. The fourth-order valence-electron chi connectivity index (χ4n) is 3.10. The highest BCUT2D eigenvalue weighted by Crippen LogP contribution is 2.24. The second-order valence-corrected chi connectivity index (χ2v) is 7.18. The molecule has 0 unspecified atom stereocenters. The minimum absolute atomic E-state index is 0.119. The van der Waals surface area contributed by atoms with Gasteiger partial charge in [-0.2, -0.15) is 0 Å². The molecule has 3 aromatic carbocycles. The molecule has 0 radical (unpaired) electrons. The van der Waals surface area contributed by atoms with Gasteiger partial charge in [0.2, 0.25) is 5.90 Å². The molecule has 1 heterocycles. The van der Waals surface area contributed by atoms with Gasteiger partial charge in [0.05, 0.1) is 17.4 Å². The van der Waals surface area contributed by atoms with Crippen LogP contribution in [0.15, 0.2) is 73.1 Å². The number of aromatic amines is 1. The zero-order chi connectivity index (χ0) is 21.6. The summed E-state index contributed by atoms with van der Waals surface area (Å²) in [7, 11) is 0. The molecule has 6 nitrogen and oxygen atoms in total. The number of rotatable bonds is 7. The SMILES string of the molecule is N=COC(=N)C(=Cc1ccc(Cl)cc1)c1ccc(OCc2ccc3nc[nH]c3c2)cc1. The zero-order valence-corrected chi connectivity index (χ0v) is 17.2. The molecule has 0 amide bonds. The Bertz CT molecular complexity index is 1240. The van der Waals surface area contributed by atoms with Crippen LogP contribution in [0.25, 0.3) is 22.7 Å². The van der Waals surface area contributed by atoms with Crippen LogP contribution in [0.5, 0.6) is 5.75 Å². The van der Waals surface area contributed by atoms with Crippen LogP contribution in [0.4, 0.5) is 0 Å². The Kier molecular flexibility index (Phi) is 6.10.